The largest absolute Gasteiger partial charge is 0.489 e. The number of hydrogen-bond acceptors (Lipinski definition) is 5. The lowest BCUT2D eigenvalue weighted by atomic mass is 10.1. The van der Waals surface area contributed by atoms with Crippen molar-refractivity contribution in [3.8, 4) is 5.75 Å². The van der Waals surface area contributed by atoms with Gasteiger partial charge >= 0.3 is 0 Å². The molecule has 0 aliphatic carbocycles. The Hall–Kier alpha value is -2.54. The third-order valence-corrected chi connectivity index (χ3v) is 4.17. The molecule has 7 heteroatoms. The fourth-order valence-electron chi connectivity index (χ4n) is 2.98. The maximum atomic E-state index is 12.9. The highest BCUT2D eigenvalue weighted by molar-refractivity contribution is 6.00. The normalized spacial score (nSPS) is 13.0. The molecule has 7 nitrogen and oxygen atoms in total. The predicted octanol–water partition coefficient (Wildman–Crippen LogP) is 4.31. The zero-order valence-corrected chi connectivity index (χ0v) is 19.2. The maximum Gasteiger partial charge on any atom is 0.258 e. The van der Waals surface area contributed by atoms with E-state index in [0.717, 1.165) is 18.6 Å². The standard InChI is InChI=1S/C23H35N3O4/c1-8-9-17(12-16(2)3)30-23(6,7)25-21(27)19-13-24-26-14-18(10-11-20(19)26)29-15-22(4,5)28/h9-11,13-14,16,28H,8,12,15H2,1-7H3,(H,25,27)/b17-9+. The van der Waals surface area contributed by atoms with Crippen LogP contribution in [0.1, 0.15) is 71.7 Å². The number of fused-ring (bicyclic) bond motifs is 1. The highest BCUT2D eigenvalue weighted by Crippen LogP contribution is 2.22. The van der Waals surface area contributed by atoms with E-state index in [9.17, 15) is 9.90 Å². The van der Waals surface area contributed by atoms with Gasteiger partial charge in [0.2, 0.25) is 0 Å². The maximum absolute atomic E-state index is 12.9. The van der Waals surface area contributed by atoms with Crippen LogP contribution in [0.4, 0.5) is 0 Å². The van der Waals surface area contributed by atoms with Crippen molar-refractivity contribution >= 4 is 11.4 Å². The van der Waals surface area contributed by atoms with E-state index >= 15 is 0 Å². The van der Waals surface area contributed by atoms with Crippen LogP contribution in [0.15, 0.2) is 36.4 Å². The van der Waals surface area contributed by atoms with Gasteiger partial charge in [0.1, 0.15) is 12.4 Å². The van der Waals surface area contributed by atoms with Crippen molar-refractivity contribution in [3.05, 3.63) is 41.9 Å². The van der Waals surface area contributed by atoms with E-state index in [1.54, 1.807) is 36.7 Å². The summed E-state index contributed by atoms with van der Waals surface area (Å²) >= 11 is 0. The van der Waals surface area contributed by atoms with Gasteiger partial charge in [-0.15, -0.1) is 0 Å². The average molecular weight is 418 g/mol. The minimum Gasteiger partial charge on any atom is -0.489 e. The third-order valence-electron chi connectivity index (χ3n) is 4.17. The monoisotopic (exact) mass is 417 g/mol. The van der Waals surface area contributed by atoms with Crippen molar-refractivity contribution in [3.63, 3.8) is 0 Å². The van der Waals surface area contributed by atoms with Crippen LogP contribution in [-0.4, -0.2) is 38.6 Å². The molecule has 2 aromatic heterocycles. The molecule has 0 saturated heterocycles. The molecule has 2 rings (SSSR count). The van der Waals surface area contributed by atoms with E-state index in [0.29, 0.717) is 22.7 Å². The van der Waals surface area contributed by atoms with Crippen molar-refractivity contribution in [2.75, 3.05) is 6.61 Å². The Balaban J connectivity index is 2.13. The zero-order valence-electron chi connectivity index (χ0n) is 19.2. The summed E-state index contributed by atoms with van der Waals surface area (Å²) < 4.78 is 13.3. The number of rotatable bonds is 10. The van der Waals surface area contributed by atoms with E-state index in [2.05, 4.69) is 37.3 Å². The van der Waals surface area contributed by atoms with Crippen molar-refractivity contribution in [2.45, 2.75) is 72.6 Å². The van der Waals surface area contributed by atoms with Gasteiger partial charge in [-0.3, -0.25) is 4.79 Å². The van der Waals surface area contributed by atoms with E-state index in [-0.39, 0.29) is 12.5 Å². The zero-order chi connectivity index (χ0) is 22.5. The molecular weight excluding hydrogens is 382 g/mol. The fourth-order valence-corrected chi connectivity index (χ4v) is 2.98. The summed E-state index contributed by atoms with van der Waals surface area (Å²) in [6.45, 7) is 13.5. The van der Waals surface area contributed by atoms with Gasteiger partial charge in [-0.25, -0.2) is 4.52 Å². The van der Waals surface area contributed by atoms with E-state index < -0.39 is 11.3 Å². The van der Waals surface area contributed by atoms with E-state index in [1.807, 2.05) is 13.8 Å². The Labute approximate surface area is 179 Å². The van der Waals surface area contributed by atoms with Gasteiger partial charge in [0, 0.05) is 6.42 Å². The summed E-state index contributed by atoms with van der Waals surface area (Å²) in [4.78, 5) is 12.9. The molecule has 0 saturated carbocycles. The lowest BCUT2D eigenvalue weighted by molar-refractivity contribution is 0.000640. The van der Waals surface area contributed by atoms with Crippen LogP contribution in [0, 0.1) is 5.92 Å². The Morgan fingerprint density at radius 3 is 2.60 bits per heavy atom. The van der Waals surface area contributed by atoms with Crippen molar-refractivity contribution in [1.29, 1.82) is 0 Å². The SMILES string of the molecule is CC/C=C(\CC(C)C)OC(C)(C)NC(=O)c1cnn2cc(OCC(C)(C)O)ccc12. The first-order valence-electron chi connectivity index (χ1n) is 10.4. The molecule has 0 aromatic carbocycles. The minimum absolute atomic E-state index is 0.155. The molecule has 2 aromatic rings. The van der Waals surface area contributed by atoms with Gasteiger partial charge in [-0.2, -0.15) is 5.10 Å². The number of nitrogens with one attached hydrogen (secondary N) is 1. The number of carbonyl (C=O) groups excluding carboxylic acids is 1. The average Bonchev–Trinajstić information content (AvgIpc) is 3.01. The Morgan fingerprint density at radius 2 is 2.00 bits per heavy atom. The van der Waals surface area contributed by atoms with Crippen molar-refractivity contribution in [1.82, 2.24) is 14.9 Å². The first kappa shape index (κ1) is 23.7. The number of aliphatic hydroxyl groups is 1. The second-order valence-corrected chi connectivity index (χ2v) is 9.10. The molecule has 0 radical (unpaired) electrons. The van der Waals surface area contributed by atoms with Crippen LogP contribution < -0.4 is 10.1 Å². The summed E-state index contributed by atoms with van der Waals surface area (Å²) in [7, 11) is 0. The molecule has 0 unspecified atom stereocenters. The topological polar surface area (TPSA) is 85.1 Å². The van der Waals surface area contributed by atoms with Crippen molar-refractivity contribution in [2.24, 2.45) is 5.92 Å². The Kier molecular flexibility index (Phi) is 7.53. The van der Waals surface area contributed by atoms with Crippen LogP contribution in [0.2, 0.25) is 0 Å². The summed E-state index contributed by atoms with van der Waals surface area (Å²) in [6, 6.07) is 3.53. The van der Waals surface area contributed by atoms with Gasteiger partial charge in [-0.05, 0) is 58.2 Å². The first-order chi connectivity index (χ1) is 13.9. The Bertz CT molecular complexity index is 891. The van der Waals surface area contributed by atoms with Gasteiger partial charge in [-0.1, -0.05) is 20.8 Å². The van der Waals surface area contributed by atoms with Crippen LogP contribution in [0.25, 0.3) is 5.52 Å². The van der Waals surface area contributed by atoms with E-state index in [1.165, 1.54) is 6.20 Å². The third kappa shape index (κ3) is 7.06. The predicted molar refractivity (Wildman–Crippen MR) is 117 cm³/mol. The van der Waals surface area contributed by atoms with Gasteiger partial charge < -0.3 is 19.9 Å². The molecule has 0 aliphatic rings. The number of allylic oxidation sites excluding steroid dienone is 2. The number of amides is 1. The van der Waals surface area contributed by atoms with Gasteiger partial charge in [0.15, 0.2) is 5.72 Å². The fraction of sp³-hybridized carbons (Fsp3) is 0.565. The van der Waals surface area contributed by atoms with Crippen LogP contribution >= 0.6 is 0 Å². The molecule has 0 atom stereocenters. The Morgan fingerprint density at radius 1 is 1.30 bits per heavy atom. The van der Waals surface area contributed by atoms with Crippen LogP contribution in [-0.2, 0) is 4.74 Å². The quantitative estimate of drug-likeness (QED) is 0.445. The molecule has 0 spiro atoms. The smallest absolute Gasteiger partial charge is 0.258 e. The summed E-state index contributed by atoms with van der Waals surface area (Å²) in [6.07, 6.45) is 6.95. The highest BCUT2D eigenvalue weighted by atomic mass is 16.5. The van der Waals surface area contributed by atoms with E-state index in [4.69, 9.17) is 9.47 Å². The number of pyridine rings is 1. The molecule has 2 heterocycles. The van der Waals surface area contributed by atoms with Gasteiger partial charge in [0.05, 0.1) is 34.8 Å². The number of hydrogen-bond donors (Lipinski definition) is 2. The molecule has 0 aliphatic heterocycles. The number of carbonyl (C=O) groups is 1. The highest BCUT2D eigenvalue weighted by Gasteiger charge is 2.26. The van der Waals surface area contributed by atoms with Crippen molar-refractivity contribution < 1.29 is 19.4 Å². The second kappa shape index (κ2) is 9.51. The summed E-state index contributed by atoms with van der Waals surface area (Å²) in [5.74, 6) is 1.64. The summed E-state index contributed by atoms with van der Waals surface area (Å²) in [5.41, 5.74) is -0.691. The van der Waals surface area contributed by atoms with Crippen LogP contribution in [0.5, 0.6) is 5.75 Å². The molecule has 166 valence electrons. The van der Waals surface area contributed by atoms with Gasteiger partial charge in [0.25, 0.3) is 5.91 Å². The molecule has 1 amide bonds. The number of ether oxygens (including phenoxy) is 2. The lowest BCUT2D eigenvalue weighted by Gasteiger charge is -2.29. The lowest BCUT2D eigenvalue weighted by Crippen LogP contribution is -2.45. The minimum atomic E-state index is -0.934. The molecule has 30 heavy (non-hydrogen) atoms. The molecule has 0 fully saturated rings. The molecule has 2 N–H and O–H groups in total. The number of aromatic nitrogens is 2. The second-order valence-electron chi connectivity index (χ2n) is 9.10. The molecular formula is C23H35N3O4. The molecule has 0 bridgehead atoms. The first-order valence-corrected chi connectivity index (χ1v) is 10.4. The number of nitrogens with zero attached hydrogens (tertiary/aromatic N) is 2. The summed E-state index contributed by atoms with van der Waals surface area (Å²) in [5, 5.41) is 17.0. The van der Waals surface area contributed by atoms with Crippen LogP contribution in [0.3, 0.4) is 0 Å².